The number of halogens is 1. The Labute approximate surface area is 104 Å². The van der Waals surface area contributed by atoms with Gasteiger partial charge in [0.25, 0.3) is 0 Å². The van der Waals surface area contributed by atoms with Gasteiger partial charge in [0.15, 0.2) is 5.82 Å². The minimum Gasteiger partial charge on any atom is -0.308 e. The highest BCUT2D eigenvalue weighted by Crippen LogP contribution is 2.27. The molecule has 0 fully saturated rings. The van der Waals surface area contributed by atoms with Crippen molar-refractivity contribution in [1.29, 1.82) is 0 Å². The molecule has 3 rings (SSSR count). The van der Waals surface area contributed by atoms with E-state index in [9.17, 15) is 4.39 Å². The third kappa shape index (κ3) is 1.60. The fourth-order valence-corrected chi connectivity index (χ4v) is 2.25. The normalized spacial score (nSPS) is 19.8. The van der Waals surface area contributed by atoms with Crippen LogP contribution in [0.25, 0.3) is 11.4 Å². The molecular weight excluding hydrogens is 233 g/mol. The molecule has 1 aliphatic rings. The molecule has 6 heteroatoms. The number of hydrogen-bond donors (Lipinski definition) is 0. The lowest BCUT2D eigenvalue weighted by molar-refractivity contribution is 0.206. The van der Waals surface area contributed by atoms with Crippen molar-refractivity contribution in [2.24, 2.45) is 0 Å². The van der Waals surface area contributed by atoms with Crippen LogP contribution in [0.2, 0.25) is 0 Å². The first-order valence-corrected chi connectivity index (χ1v) is 5.92. The first kappa shape index (κ1) is 11.3. The lowest BCUT2D eigenvalue weighted by Crippen LogP contribution is -2.34. The molecule has 0 aliphatic carbocycles. The molecule has 94 valence electrons. The van der Waals surface area contributed by atoms with Crippen LogP contribution in [0.5, 0.6) is 0 Å². The number of hydrogen-bond acceptors (Lipinski definition) is 4. The molecule has 0 saturated heterocycles. The van der Waals surface area contributed by atoms with E-state index in [0.29, 0.717) is 11.4 Å². The minimum atomic E-state index is -0.501. The molecule has 2 aromatic heterocycles. The molecule has 3 heterocycles. The number of aromatic nitrogens is 4. The van der Waals surface area contributed by atoms with Gasteiger partial charge in [-0.15, -0.1) is 10.2 Å². The largest absolute Gasteiger partial charge is 0.308 e. The Bertz CT molecular complexity index is 580. The Balaban J connectivity index is 2.11. The standard InChI is InChI=1S/C12H14FN5/c1-8-11-15-16-12(18(11)7-6-17(8)2)9-4-3-5-14-10(9)13/h3-5,8H,6-7H2,1-2H3. The SMILES string of the molecule is CC1c2nnc(-c3cccnc3F)n2CCN1C. The van der Waals surface area contributed by atoms with E-state index in [1.807, 2.05) is 11.6 Å². The lowest BCUT2D eigenvalue weighted by Gasteiger charge is -2.30. The molecule has 5 nitrogen and oxygen atoms in total. The molecule has 1 atom stereocenters. The van der Waals surface area contributed by atoms with E-state index in [1.54, 1.807) is 12.1 Å². The molecule has 0 bridgehead atoms. The summed E-state index contributed by atoms with van der Waals surface area (Å²) in [4.78, 5) is 5.86. The molecule has 2 aromatic rings. The first-order chi connectivity index (χ1) is 8.68. The second-order valence-corrected chi connectivity index (χ2v) is 4.53. The summed E-state index contributed by atoms with van der Waals surface area (Å²) in [5, 5.41) is 8.30. The van der Waals surface area contributed by atoms with E-state index in [0.717, 1.165) is 18.9 Å². The maximum atomic E-state index is 13.7. The molecule has 0 amide bonds. The molecule has 1 unspecified atom stereocenters. The molecule has 0 radical (unpaired) electrons. The van der Waals surface area contributed by atoms with Crippen molar-refractivity contribution in [2.75, 3.05) is 13.6 Å². The van der Waals surface area contributed by atoms with Crippen molar-refractivity contribution >= 4 is 0 Å². The topological polar surface area (TPSA) is 46.8 Å². The van der Waals surface area contributed by atoms with E-state index in [-0.39, 0.29) is 6.04 Å². The summed E-state index contributed by atoms with van der Waals surface area (Å²) >= 11 is 0. The maximum absolute atomic E-state index is 13.7. The molecule has 0 spiro atoms. The van der Waals surface area contributed by atoms with Crippen LogP contribution >= 0.6 is 0 Å². The summed E-state index contributed by atoms with van der Waals surface area (Å²) in [6.45, 7) is 3.75. The van der Waals surface area contributed by atoms with Gasteiger partial charge in [0.1, 0.15) is 5.82 Å². The number of likely N-dealkylation sites (N-methyl/N-ethyl adjacent to an activating group) is 1. The average molecular weight is 247 g/mol. The van der Waals surface area contributed by atoms with Gasteiger partial charge < -0.3 is 4.57 Å². The molecule has 18 heavy (non-hydrogen) atoms. The van der Waals surface area contributed by atoms with Gasteiger partial charge in [0, 0.05) is 19.3 Å². The van der Waals surface area contributed by atoms with Crippen LogP contribution in [0.1, 0.15) is 18.8 Å². The van der Waals surface area contributed by atoms with Crippen LogP contribution in [0.3, 0.4) is 0 Å². The van der Waals surface area contributed by atoms with Gasteiger partial charge in [-0.1, -0.05) is 0 Å². The molecule has 1 aliphatic heterocycles. The zero-order chi connectivity index (χ0) is 12.7. The molecule has 0 N–H and O–H groups in total. The van der Waals surface area contributed by atoms with Crippen LogP contribution in [-0.4, -0.2) is 38.2 Å². The second kappa shape index (κ2) is 4.13. The molecule has 0 aromatic carbocycles. The van der Waals surface area contributed by atoms with Gasteiger partial charge in [-0.3, -0.25) is 4.90 Å². The van der Waals surface area contributed by atoms with Crippen LogP contribution < -0.4 is 0 Å². The number of nitrogens with zero attached hydrogens (tertiary/aromatic N) is 5. The summed E-state index contributed by atoms with van der Waals surface area (Å²) in [6.07, 6.45) is 1.43. The predicted octanol–water partition coefficient (Wildman–Crippen LogP) is 1.49. The smallest absolute Gasteiger partial charge is 0.223 e. The predicted molar refractivity (Wildman–Crippen MR) is 64.3 cm³/mol. The third-order valence-electron chi connectivity index (χ3n) is 3.49. The Morgan fingerprint density at radius 3 is 2.94 bits per heavy atom. The van der Waals surface area contributed by atoms with Gasteiger partial charge in [-0.2, -0.15) is 4.39 Å². The van der Waals surface area contributed by atoms with Crippen LogP contribution in [-0.2, 0) is 6.54 Å². The summed E-state index contributed by atoms with van der Waals surface area (Å²) < 4.78 is 15.7. The van der Waals surface area contributed by atoms with E-state index in [1.165, 1.54) is 6.20 Å². The van der Waals surface area contributed by atoms with Gasteiger partial charge >= 0.3 is 0 Å². The first-order valence-electron chi connectivity index (χ1n) is 5.92. The van der Waals surface area contributed by atoms with Gasteiger partial charge in [0.05, 0.1) is 11.6 Å². The lowest BCUT2D eigenvalue weighted by atomic mass is 10.2. The highest BCUT2D eigenvalue weighted by atomic mass is 19.1. The van der Waals surface area contributed by atoms with Gasteiger partial charge in [-0.25, -0.2) is 4.98 Å². The summed E-state index contributed by atoms with van der Waals surface area (Å²) in [6, 6.07) is 3.58. The molecular formula is C12H14FN5. The maximum Gasteiger partial charge on any atom is 0.223 e. The van der Waals surface area contributed by atoms with Crippen LogP contribution in [0, 0.1) is 5.95 Å². The average Bonchev–Trinajstić information content (AvgIpc) is 2.79. The highest BCUT2D eigenvalue weighted by Gasteiger charge is 2.26. The quantitative estimate of drug-likeness (QED) is 0.716. The molecule has 0 saturated carbocycles. The van der Waals surface area contributed by atoms with Crippen LogP contribution in [0.15, 0.2) is 18.3 Å². The van der Waals surface area contributed by atoms with E-state index in [4.69, 9.17) is 0 Å². The third-order valence-corrected chi connectivity index (χ3v) is 3.49. The van der Waals surface area contributed by atoms with Crippen molar-refractivity contribution in [3.63, 3.8) is 0 Å². The van der Waals surface area contributed by atoms with Gasteiger partial charge in [0.2, 0.25) is 5.95 Å². The Morgan fingerprint density at radius 1 is 1.33 bits per heavy atom. The van der Waals surface area contributed by atoms with E-state index in [2.05, 4.69) is 27.0 Å². The zero-order valence-corrected chi connectivity index (χ0v) is 10.3. The number of pyridine rings is 1. The highest BCUT2D eigenvalue weighted by molar-refractivity contribution is 5.54. The monoisotopic (exact) mass is 247 g/mol. The minimum absolute atomic E-state index is 0.194. The number of rotatable bonds is 1. The summed E-state index contributed by atoms with van der Waals surface area (Å²) in [7, 11) is 2.05. The summed E-state index contributed by atoms with van der Waals surface area (Å²) in [5.74, 6) is 0.942. The van der Waals surface area contributed by atoms with Crippen molar-refractivity contribution in [3.8, 4) is 11.4 Å². The van der Waals surface area contributed by atoms with Gasteiger partial charge in [-0.05, 0) is 26.1 Å². The second-order valence-electron chi connectivity index (χ2n) is 4.53. The van der Waals surface area contributed by atoms with Crippen molar-refractivity contribution < 1.29 is 4.39 Å². The zero-order valence-electron chi connectivity index (χ0n) is 10.3. The Morgan fingerprint density at radius 2 is 2.17 bits per heavy atom. The van der Waals surface area contributed by atoms with E-state index >= 15 is 0 Å². The summed E-state index contributed by atoms with van der Waals surface area (Å²) in [5.41, 5.74) is 0.410. The fourth-order valence-electron chi connectivity index (χ4n) is 2.25. The van der Waals surface area contributed by atoms with E-state index < -0.39 is 5.95 Å². The van der Waals surface area contributed by atoms with Crippen molar-refractivity contribution in [3.05, 3.63) is 30.1 Å². The van der Waals surface area contributed by atoms with Crippen LogP contribution in [0.4, 0.5) is 4.39 Å². The van der Waals surface area contributed by atoms with Crippen molar-refractivity contribution in [2.45, 2.75) is 19.5 Å². The van der Waals surface area contributed by atoms with Crippen molar-refractivity contribution in [1.82, 2.24) is 24.6 Å². The Hall–Kier alpha value is -1.82. The number of fused-ring (bicyclic) bond motifs is 1. The fraction of sp³-hybridized carbons (Fsp3) is 0.417. The Kier molecular flexibility index (Phi) is 2.59.